The van der Waals surface area contributed by atoms with Gasteiger partial charge in [-0.1, -0.05) is 19.1 Å². The molecule has 0 saturated heterocycles. The van der Waals surface area contributed by atoms with Crippen molar-refractivity contribution in [2.24, 2.45) is 0 Å². The lowest BCUT2D eigenvalue weighted by atomic mass is 10.1. The highest BCUT2D eigenvalue weighted by Crippen LogP contribution is 2.26. The fourth-order valence-electron chi connectivity index (χ4n) is 2.33. The lowest BCUT2D eigenvalue weighted by molar-refractivity contribution is -0.116. The number of hydrogen-bond donors (Lipinski definition) is 2. The molecule has 0 unspecified atom stereocenters. The Bertz CT molecular complexity index is 928. The first-order valence-electron chi connectivity index (χ1n) is 8.52. The van der Waals surface area contributed by atoms with Crippen LogP contribution in [0.3, 0.4) is 0 Å². The Labute approximate surface area is 160 Å². The van der Waals surface area contributed by atoms with Crippen molar-refractivity contribution in [1.29, 1.82) is 0 Å². The largest absolute Gasteiger partial charge is 0.465 e. The minimum atomic E-state index is -0.277. The second-order valence-corrected chi connectivity index (χ2v) is 6.61. The highest BCUT2D eigenvalue weighted by molar-refractivity contribution is 7.14. The third-order valence-electron chi connectivity index (χ3n) is 3.62. The maximum absolute atomic E-state index is 11.9. The summed E-state index contributed by atoms with van der Waals surface area (Å²) in [5.74, 6) is 0.337. The average Bonchev–Trinajstić information content (AvgIpc) is 3.33. The van der Waals surface area contributed by atoms with Crippen molar-refractivity contribution in [2.75, 3.05) is 10.6 Å². The molecule has 3 aromatic rings. The SMILES string of the molecule is CCCC(=O)Nc1ccc(-c2csc(NC(=O)/C=C/c3ccco3)n2)cc1. The van der Waals surface area contributed by atoms with Gasteiger partial charge in [0.05, 0.1) is 12.0 Å². The number of aromatic nitrogens is 1. The third kappa shape index (κ3) is 5.39. The Kier molecular flexibility index (Phi) is 6.17. The van der Waals surface area contributed by atoms with Crippen LogP contribution in [0.25, 0.3) is 17.3 Å². The van der Waals surface area contributed by atoms with Crippen molar-refractivity contribution < 1.29 is 14.0 Å². The zero-order valence-corrected chi connectivity index (χ0v) is 15.6. The Hall–Kier alpha value is -3.19. The topological polar surface area (TPSA) is 84.2 Å². The van der Waals surface area contributed by atoms with Crippen molar-refractivity contribution in [3.05, 3.63) is 59.9 Å². The molecule has 6 nitrogen and oxygen atoms in total. The minimum absolute atomic E-state index is 0.00603. The molecule has 2 heterocycles. The van der Waals surface area contributed by atoms with Gasteiger partial charge in [-0.05, 0) is 36.8 Å². The van der Waals surface area contributed by atoms with Crippen LogP contribution in [0.1, 0.15) is 25.5 Å². The molecule has 0 saturated carbocycles. The predicted octanol–water partition coefficient (Wildman–Crippen LogP) is 4.79. The van der Waals surface area contributed by atoms with Gasteiger partial charge in [-0.15, -0.1) is 11.3 Å². The number of nitrogens with one attached hydrogen (secondary N) is 2. The van der Waals surface area contributed by atoms with E-state index in [1.54, 1.807) is 24.5 Å². The second-order valence-electron chi connectivity index (χ2n) is 5.75. The van der Waals surface area contributed by atoms with Gasteiger partial charge in [0.1, 0.15) is 5.76 Å². The molecule has 0 spiro atoms. The van der Waals surface area contributed by atoms with Gasteiger partial charge in [-0.25, -0.2) is 4.98 Å². The van der Waals surface area contributed by atoms with Crippen LogP contribution in [0.15, 0.2) is 58.5 Å². The summed E-state index contributed by atoms with van der Waals surface area (Å²) in [5.41, 5.74) is 2.42. The average molecular weight is 381 g/mol. The van der Waals surface area contributed by atoms with Gasteiger partial charge >= 0.3 is 0 Å². The van der Waals surface area contributed by atoms with E-state index < -0.39 is 0 Å². The van der Waals surface area contributed by atoms with Crippen molar-refractivity contribution in [1.82, 2.24) is 4.98 Å². The molecule has 0 atom stereocenters. The predicted molar refractivity (Wildman–Crippen MR) is 107 cm³/mol. The molecule has 2 amide bonds. The van der Waals surface area contributed by atoms with Gasteiger partial charge in [0.2, 0.25) is 11.8 Å². The van der Waals surface area contributed by atoms with E-state index in [1.165, 1.54) is 17.4 Å². The van der Waals surface area contributed by atoms with Crippen LogP contribution in [-0.2, 0) is 9.59 Å². The quantitative estimate of drug-likeness (QED) is 0.576. The molecular weight excluding hydrogens is 362 g/mol. The van der Waals surface area contributed by atoms with Gasteiger partial charge < -0.3 is 9.73 Å². The third-order valence-corrected chi connectivity index (χ3v) is 4.38. The van der Waals surface area contributed by atoms with E-state index in [-0.39, 0.29) is 11.8 Å². The number of furan rings is 1. The molecule has 138 valence electrons. The molecule has 0 aliphatic carbocycles. The first-order valence-corrected chi connectivity index (χ1v) is 9.40. The summed E-state index contributed by atoms with van der Waals surface area (Å²) < 4.78 is 5.14. The number of carbonyl (C=O) groups is 2. The maximum atomic E-state index is 11.9. The molecule has 3 rings (SSSR count). The Morgan fingerprint density at radius 2 is 2.00 bits per heavy atom. The molecule has 2 aromatic heterocycles. The lowest BCUT2D eigenvalue weighted by Gasteiger charge is -2.05. The van der Waals surface area contributed by atoms with Gasteiger partial charge in [0.25, 0.3) is 0 Å². The van der Waals surface area contributed by atoms with E-state index in [2.05, 4.69) is 15.6 Å². The fraction of sp³-hybridized carbons (Fsp3) is 0.150. The van der Waals surface area contributed by atoms with E-state index in [4.69, 9.17) is 4.42 Å². The summed E-state index contributed by atoms with van der Waals surface area (Å²) in [4.78, 5) is 28.0. The van der Waals surface area contributed by atoms with Gasteiger partial charge in [-0.3, -0.25) is 14.9 Å². The Morgan fingerprint density at radius 1 is 1.19 bits per heavy atom. The number of hydrogen-bond acceptors (Lipinski definition) is 5. The van der Waals surface area contributed by atoms with Gasteiger partial charge in [0.15, 0.2) is 5.13 Å². The lowest BCUT2D eigenvalue weighted by Crippen LogP contribution is -2.10. The summed E-state index contributed by atoms with van der Waals surface area (Å²) in [6.07, 6.45) is 5.85. The maximum Gasteiger partial charge on any atom is 0.250 e. The summed E-state index contributed by atoms with van der Waals surface area (Å²) in [6, 6.07) is 11.0. The summed E-state index contributed by atoms with van der Waals surface area (Å²) in [7, 11) is 0. The monoisotopic (exact) mass is 381 g/mol. The van der Waals surface area contributed by atoms with E-state index in [9.17, 15) is 9.59 Å². The molecule has 1 aromatic carbocycles. The fourth-order valence-corrected chi connectivity index (χ4v) is 3.05. The first-order chi connectivity index (χ1) is 13.1. The molecule has 0 fully saturated rings. The number of carbonyl (C=O) groups excluding carboxylic acids is 2. The van der Waals surface area contributed by atoms with Crippen LogP contribution in [0, 0.1) is 0 Å². The van der Waals surface area contributed by atoms with Gasteiger partial charge in [0, 0.05) is 29.1 Å². The molecule has 0 aliphatic heterocycles. The molecule has 2 N–H and O–H groups in total. The van der Waals surface area contributed by atoms with E-state index in [1.807, 2.05) is 36.6 Å². The zero-order valence-electron chi connectivity index (χ0n) is 14.8. The summed E-state index contributed by atoms with van der Waals surface area (Å²) in [5, 5.41) is 7.96. The smallest absolute Gasteiger partial charge is 0.250 e. The van der Waals surface area contributed by atoms with Crippen LogP contribution < -0.4 is 10.6 Å². The van der Waals surface area contributed by atoms with E-state index >= 15 is 0 Å². The van der Waals surface area contributed by atoms with Crippen molar-refractivity contribution >= 4 is 40.0 Å². The Morgan fingerprint density at radius 3 is 2.70 bits per heavy atom. The number of rotatable bonds is 7. The normalized spacial score (nSPS) is 10.9. The van der Waals surface area contributed by atoms with Crippen LogP contribution in [-0.4, -0.2) is 16.8 Å². The highest BCUT2D eigenvalue weighted by atomic mass is 32.1. The number of benzene rings is 1. The molecule has 0 bridgehead atoms. The minimum Gasteiger partial charge on any atom is -0.465 e. The molecular formula is C20H19N3O3S. The zero-order chi connectivity index (χ0) is 19.1. The van der Waals surface area contributed by atoms with Crippen molar-refractivity contribution in [3.63, 3.8) is 0 Å². The molecule has 27 heavy (non-hydrogen) atoms. The molecule has 0 radical (unpaired) electrons. The molecule has 7 heteroatoms. The van der Waals surface area contributed by atoms with Crippen LogP contribution in [0.4, 0.5) is 10.8 Å². The number of anilines is 2. The first kappa shape index (κ1) is 18.6. The second kappa shape index (κ2) is 8.95. The summed E-state index contributed by atoms with van der Waals surface area (Å²) in [6.45, 7) is 1.97. The van der Waals surface area contributed by atoms with Crippen LogP contribution in [0.2, 0.25) is 0 Å². The van der Waals surface area contributed by atoms with Crippen molar-refractivity contribution in [2.45, 2.75) is 19.8 Å². The highest BCUT2D eigenvalue weighted by Gasteiger charge is 2.07. The number of thiazole rings is 1. The van der Waals surface area contributed by atoms with E-state index in [0.29, 0.717) is 17.3 Å². The van der Waals surface area contributed by atoms with Crippen LogP contribution in [0.5, 0.6) is 0 Å². The molecule has 0 aliphatic rings. The standard InChI is InChI=1S/C20H19N3O3S/c1-2-4-18(24)21-15-8-6-14(7-9-15)17-13-27-20(22-17)23-19(25)11-10-16-5-3-12-26-16/h3,5-13H,2,4H2,1H3,(H,21,24)(H,22,23,25)/b11-10+. The van der Waals surface area contributed by atoms with E-state index in [0.717, 1.165) is 23.4 Å². The number of nitrogens with zero attached hydrogens (tertiary/aromatic N) is 1. The van der Waals surface area contributed by atoms with Crippen molar-refractivity contribution in [3.8, 4) is 11.3 Å². The van der Waals surface area contributed by atoms with Gasteiger partial charge in [-0.2, -0.15) is 0 Å². The van der Waals surface area contributed by atoms with Crippen LogP contribution >= 0.6 is 11.3 Å². The summed E-state index contributed by atoms with van der Waals surface area (Å²) >= 11 is 1.35. The Balaban J connectivity index is 1.60. The number of amides is 2.